The molecule has 0 atom stereocenters. The minimum atomic E-state index is 0. The number of hydrogen-bond donors (Lipinski definition) is 0. The Morgan fingerprint density at radius 2 is 1.75 bits per heavy atom. The summed E-state index contributed by atoms with van der Waals surface area (Å²) in [5, 5.41) is 0. The molecule has 0 amide bonds. The predicted octanol–water partition coefficient (Wildman–Crippen LogP) is 1.54. The van der Waals surface area contributed by atoms with Gasteiger partial charge in [0.25, 0.3) is 0 Å². The fraction of sp³-hybridized carbons (Fsp3) is 1.00. The maximum atomic E-state index is 8.90. The lowest BCUT2D eigenvalue weighted by molar-refractivity contribution is 0.601. The first-order valence-electron chi connectivity index (χ1n) is 0.630. The van der Waals surface area contributed by atoms with E-state index in [1.165, 1.54) is 0 Å². The van der Waals surface area contributed by atoms with Gasteiger partial charge in [-0.25, -0.2) is 0 Å². The Morgan fingerprint density at radius 3 is 1.75 bits per heavy atom. The van der Waals surface area contributed by atoms with Crippen LogP contribution in [0.4, 0.5) is 0 Å². The standard InChI is InChI=1S/CH3OP.CH4/c1-3-2;/h1H3;1H4. The van der Waals surface area contributed by atoms with E-state index >= 15 is 0 Å². The summed E-state index contributed by atoms with van der Waals surface area (Å²) in [5.74, 6) is 0. The third kappa shape index (κ3) is 254. The van der Waals surface area contributed by atoms with Crippen LogP contribution < -0.4 is 0 Å². The zero-order valence-corrected chi connectivity index (χ0v) is 2.75. The molecule has 0 spiro atoms. The third-order valence-electron chi connectivity index (χ3n) is 0. The maximum Gasteiger partial charge on any atom is 0.151 e. The number of hydrogen-bond acceptors (Lipinski definition) is 1. The first-order valence-corrected chi connectivity index (χ1v) is 1.89. The van der Waals surface area contributed by atoms with Gasteiger partial charge in [0.15, 0.2) is 8.46 Å². The SMILES string of the molecule is C.CP=O. The molecule has 0 fully saturated rings. The van der Waals surface area contributed by atoms with E-state index < -0.39 is 0 Å². The smallest absolute Gasteiger partial charge is 0.151 e. The van der Waals surface area contributed by atoms with Gasteiger partial charge in [-0.15, -0.1) is 0 Å². The molecule has 0 bridgehead atoms. The van der Waals surface area contributed by atoms with E-state index in [1.54, 1.807) is 6.66 Å². The van der Waals surface area contributed by atoms with Gasteiger partial charge in [0.05, 0.1) is 0 Å². The van der Waals surface area contributed by atoms with Crippen LogP contribution in [0.15, 0.2) is 0 Å². The third-order valence-corrected chi connectivity index (χ3v) is 0. The molecule has 1 nitrogen and oxygen atoms in total. The van der Waals surface area contributed by atoms with Gasteiger partial charge in [-0.1, -0.05) is 7.43 Å². The fourth-order valence-electron chi connectivity index (χ4n) is 0. The average Bonchev–Trinajstić information content (AvgIpc) is 0.918. The molecule has 0 aromatic carbocycles. The Bertz CT molecular complexity index is 13.5. The summed E-state index contributed by atoms with van der Waals surface area (Å²) in [6, 6.07) is 0. The van der Waals surface area contributed by atoms with Crippen molar-refractivity contribution in [1.82, 2.24) is 0 Å². The van der Waals surface area contributed by atoms with Crippen molar-refractivity contribution in [1.29, 1.82) is 0 Å². The lowest BCUT2D eigenvalue weighted by Crippen LogP contribution is -0.988. The molecule has 0 radical (unpaired) electrons. The molecule has 0 aliphatic heterocycles. The van der Waals surface area contributed by atoms with Crippen LogP contribution in [0, 0.1) is 0 Å². The van der Waals surface area contributed by atoms with Crippen molar-refractivity contribution in [3.63, 3.8) is 0 Å². The Labute approximate surface area is 28.2 Å². The molecular weight excluding hydrogens is 71.0 g/mol. The van der Waals surface area contributed by atoms with Crippen LogP contribution in [0.5, 0.6) is 0 Å². The van der Waals surface area contributed by atoms with Crippen molar-refractivity contribution in [2.75, 3.05) is 6.66 Å². The lowest BCUT2D eigenvalue weighted by atomic mass is 12.0. The molecule has 0 aromatic heterocycles. The van der Waals surface area contributed by atoms with Gasteiger partial charge in [0, 0.05) is 6.66 Å². The summed E-state index contributed by atoms with van der Waals surface area (Å²) >= 11 is 0. The quantitative estimate of drug-likeness (QED) is 0.401. The van der Waals surface area contributed by atoms with Crippen LogP contribution in [0.3, 0.4) is 0 Å². The van der Waals surface area contributed by atoms with Gasteiger partial charge in [0.1, 0.15) is 0 Å². The molecule has 0 saturated heterocycles. The van der Waals surface area contributed by atoms with E-state index in [9.17, 15) is 0 Å². The second-order valence-corrected chi connectivity index (χ2v) is 0.548. The summed E-state index contributed by atoms with van der Waals surface area (Å²) in [5.41, 5.74) is 0. The van der Waals surface area contributed by atoms with Gasteiger partial charge < -0.3 is 0 Å². The molecule has 0 aliphatic carbocycles. The largest absolute Gasteiger partial charge is 0.275 e. The zero-order valence-electron chi connectivity index (χ0n) is 1.86. The zero-order chi connectivity index (χ0) is 2.71. The highest BCUT2D eigenvalue weighted by atomic mass is 31.1. The van der Waals surface area contributed by atoms with E-state index in [1.807, 2.05) is 0 Å². The molecule has 0 rings (SSSR count). The van der Waals surface area contributed by atoms with Crippen LogP contribution in [-0.4, -0.2) is 6.66 Å². The van der Waals surface area contributed by atoms with Crippen molar-refractivity contribution < 1.29 is 4.57 Å². The molecular formula is C2H7OP. The summed E-state index contributed by atoms with van der Waals surface area (Å²) < 4.78 is 8.90. The van der Waals surface area contributed by atoms with Gasteiger partial charge in [0.2, 0.25) is 0 Å². The van der Waals surface area contributed by atoms with E-state index in [2.05, 4.69) is 0 Å². The Hall–Kier alpha value is 0.100. The van der Waals surface area contributed by atoms with Crippen molar-refractivity contribution in [2.45, 2.75) is 7.43 Å². The minimum Gasteiger partial charge on any atom is -0.275 e. The van der Waals surface area contributed by atoms with Gasteiger partial charge >= 0.3 is 0 Å². The molecule has 0 heterocycles. The first kappa shape index (κ1) is 8.93. The summed E-state index contributed by atoms with van der Waals surface area (Å²) in [4.78, 5) is 0. The lowest BCUT2D eigenvalue weighted by Gasteiger charge is -1.20. The van der Waals surface area contributed by atoms with Crippen molar-refractivity contribution >= 4 is 8.46 Å². The second kappa shape index (κ2) is 11.3. The Balaban J connectivity index is 0. The van der Waals surface area contributed by atoms with Crippen LogP contribution in [0.1, 0.15) is 7.43 Å². The normalized spacial score (nSPS) is 5.25. The molecule has 26 valence electrons. The average molecular weight is 78.1 g/mol. The Kier molecular flexibility index (Phi) is 25.2. The van der Waals surface area contributed by atoms with Crippen molar-refractivity contribution in [3.8, 4) is 0 Å². The summed E-state index contributed by atoms with van der Waals surface area (Å²) in [6.45, 7) is 1.54. The summed E-state index contributed by atoms with van der Waals surface area (Å²) in [7, 11) is 0.167. The highest BCUT2D eigenvalue weighted by molar-refractivity contribution is 7.22. The van der Waals surface area contributed by atoms with Gasteiger partial charge in [-0.3, -0.25) is 4.57 Å². The molecule has 0 N–H and O–H groups in total. The van der Waals surface area contributed by atoms with Crippen LogP contribution in [0.25, 0.3) is 0 Å². The molecule has 0 aromatic rings. The van der Waals surface area contributed by atoms with E-state index in [4.69, 9.17) is 4.57 Å². The maximum absolute atomic E-state index is 8.90. The van der Waals surface area contributed by atoms with Crippen molar-refractivity contribution in [2.24, 2.45) is 0 Å². The fourth-order valence-corrected chi connectivity index (χ4v) is 0. The highest BCUT2D eigenvalue weighted by Gasteiger charge is 1.27. The number of rotatable bonds is 0. The molecule has 0 unspecified atom stereocenters. The summed E-state index contributed by atoms with van der Waals surface area (Å²) in [6.07, 6.45) is 0. The predicted molar refractivity (Wildman–Crippen MR) is 20.3 cm³/mol. The van der Waals surface area contributed by atoms with Crippen LogP contribution in [0.2, 0.25) is 0 Å². The topological polar surface area (TPSA) is 17.1 Å². The van der Waals surface area contributed by atoms with Gasteiger partial charge in [-0.05, 0) is 0 Å². The second-order valence-electron chi connectivity index (χ2n) is 0.183. The first-order chi connectivity index (χ1) is 1.41. The molecule has 4 heavy (non-hydrogen) atoms. The molecule has 2 heteroatoms. The minimum absolute atomic E-state index is 0. The van der Waals surface area contributed by atoms with Crippen molar-refractivity contribution in [3.05, 3.63) is 0 Å². The monoisotopic (exact) mass is 78.0 g/mol. The highest BCUT2D eigenvalue weighted by Crippen LogP contribution is 1.67. The van der Waals surface area contributed by atoms with E-state index in [0.717, 1.165) is 0 Å². The molecule has 0 saturated carbocycles. The van der Waals surface area contributed by atoms with Crippen LogP contribution >= 0.6 is 8.46 Å². The van der Waals surface area contributed by atoms with Gasteiger partial charge in [-0.2, -0.15) is 0 Å². The molecule has 0 aliphatic rings. The van der Waals surface area contributed by atoms with Crippen LogP contribution in [-0.2, 0) is 4.57 Å². The van der Waals surface area contributed by atoms with E-state index in [-0.39, 0.29) is 15.9 Å². The van der Waals surface area contributed by atoms with E-state index in [0.29, 0.717) is 0 Å². The Morgan fingerprint density at radius 1 is 1.75 bits per heavy atom.